The number of anilines is 1. The minimum atomic E-state index is -0.0895. The normalized spacial score (nSPS) is 11.7. The van der Waals surface area contributed by atoms with Crippen LogP contribution in [0.25, 0.3) is 0 Å². The average Bonchev–Trinajstić information content (AvgIpc) is 2.37. The molecule has 0 saturated heterocycles. The summed E-state index contributed by atoms with van der Waals surface area (Å²) in [6.07, 6.45) is 0.932. The Labute approximate surface area is 118 Å². The standard InChI is InChI=1S/C14H20N2O2S/c1-4-10(2)15-14(18)9-19-13-7-5-12(6-8-13)16-11(3)17/h5-8,10H,4,9H2,1-3H3,(H,15,18)(H,16,17)/t10-/m0/s1. The van der Waals surface area contributed by atoms with Gasteiger partial charge < -0.3 is 10.6 Å². The summed E-state index contributed by atoms with van der Waals surface area (Å²) in [7, 11) is 0. The van der Waals surface area contributed by atoms with Crippen molar-refractivity contribution in [3.8, 4) is 0 Å². The molecule has 0 radical (unpaired) electrons. The van der Waals surface area contributed by atoms with Crippen LogP contribution in [0.3, 0.4) is 0 Å². The molecule has 4 nitrogen and oxygen atoms in total. The topological polar surface area (TPSA) is 58.2 Å². The molecule has 0 aliphatic heterocycles. The summed E-state index contributed by atoms with van der Waals surface area (Å²) in [5.74, 6) is 0.364. The minimum Gasteiger partial charge on any atom is -0.353 e. The Bertz CT molecular complexity index is 432. The van der Waals surface area contributed by atoms with E-state index in [0.29, 0.717) is 5.75 Å². The van der Waals surface area contributed by atoms with Crippen LogP contribution in [0.15, 0.2) is 29.2 Å². The summed E-state index contributed by atoms with van der Waals surface area (Å²) in [5, 5.41) is 5.62. The summed E-state index contributed by atoms with van der Waals surface area (Å²) in [5.41, 5.74) is 0.765. The van der Waals surface area contributed by atoms with Gasteiger partial charge in [-0.1, -0.05) is 6.92 Å². The molecule has 0 aromatic heterocycles. The molecule has 0 heterocycles. The third-order valence-corrected chi connectivity index (χ3v) is 3.58. The van der Waals surface area contributed by atoms with Gasteiger partial charge in [-0.05, 0) is 37.6 Å². The Morgan fingerprint density at radius 3 is 2.42 bits per heavy atom. The van der Waals surface area contributed by atoms with Gasteiger partial charge >= 0.3 is 0 Å². The van der Waals surface area contributed by atoms with Gasteiger partial charge in [0.2, 0.25) is 11.8 Å². The number of amides is 2. The van der Waals surface area contributed by atoms with Crippen LogP contribution in [0.1, 0.15) is 27.2 Å². The second kappa shape index (κ2) is 7.84. The maximum Gasteiger partial charge on any atom is 0.230 e. The van der Waals surface area contributed by atoms with Crippen molar-refractivity contribution in [3.05, 3.63) is 24.3 Å². The van der Waals surface area contributed by atoms with E-state index in [2.05, 4.69) is 10.6 Å². The van der Waals surface area contributed by atoms with Crippen LogP contribution in [0.4, 0.5) is 5.69 Å². The van der Waals surface area contributed by atoms with Gasteiger partial charge in [0.05, 0.1) is 5.75 Å². The molecular weight excluding hydrogens is 260 g/mol. The molecule has 1 aromatic carbocycles. The molecule has 0 aliphatic carbocycles. The highest BCUT2D eigenvalue weighted by atomic mass is 32.2. The summed E-state index contributed by atoms with van der Waals surface area (Å²) in [6, 6.07) is 7.67. The number of thioether (sulfide) groups is 1. The third-order valence-electron chi connectivity index (χ3n) is 2.56. The van der Waals surface area contributed by atoms with E-state index in [1.165, 1.54) is 18.7 Å². The molecule has 2 N–H and O–H groups in total. The second-order valence-corrected chi connectivity index (χ2v) is 5.42. The van der Waals surface area contributed by atoms with Gasteiger partial charge in [-0.25, -0.2) is 0 Å². The summed E-state index contributed by atoms with van der Waals surface area (Å²) in [4.78, 5) is 23.5. The number of rotatable bonds is 6. The molecule has 1 atom stereocenters. The third kappa shape index (κ3) is 6.29. The number of nitrogens with one attached hydrogen (secondary N) is 2. The predicted octanol–water partition coefficient (Wildman–Crippen LogP) is 2.65. The smallest absolute Gasteiger partial charge is 0.230 e. The Morgan fingerprint density at radius 2 is 1.89 bits per heavy atom. The van der Waals surface area contributed by atoms with Crippen LogP contribution in [0.5, 0.6) is 0 Å². The maximum absolute atomic E-state index is 11.6. The first-order chi connectivity index (χ1) is 9.01. The fraction of sp³-hybridized carbons (Fsp3) is 0.429. The fourth-order valence-electron chi connectivity index (χ4n) is 1.41. The number of carbonyl (C=O) groups is 2. The Morgan fingerprint density at radius 1 is 1.26 bits per heavy atom. The highest BCUT2D eigenvalue weighted by Gasteiger charge is 2.06. The van der Waals surface area contributed by atoms with Gasteiger partial charge in [0.25, 0.3) is 0 Å². The van der Waals surface area contributed by atoms with E-state index in [-0.39, 0.29) is 17.9 Å². The number of benzene rings is 1. The van der Waals surface area contributed by atoms with Crippen LogP contribution in [-0.2, 0) is 9.59 Å². The van der Waals surface area contributed by atoms with Crippen LogP contribution in [0, 0.1) is 0 Å². The Balaban J connectivity index is 2.41. The lowest BCUT2D eigenvalue weighted by Crippen LogP contribution is -2.33. The van der Waals surface area contributed by atoms with Gasteiger partial charge in [-0.15, -0.1) is 11.8 Å². The lowest BCUT2D eigenvalue weighted by atomic mass is 10.3. The molecular formula is C14H20N2O2S. The molecule has 1 aromatic rings. The average molecular weight is 280 g/mol. The molecule has 5 heteroatoms. The number of carbonyl (C=O) groups excluding carboxylic acids is 2. The fourth-order valence-corrected chi connectivity index (χ4v) is 2.11. The van der Waals surface area contributed by atoms with Crippen molar-refractivity contribution >= 4 is 29.3 Å². The Kier molecular flexibility index (Phi) is 6.42. The van der Waals surface area contributed by atoms with Crippen LogP contribution < -0.4 is 10.6 Å². The van der Waals surface area contributed by atoms with Gasteiger partial charge in [0.1, 0.15) is 0 Å². The number of hydrogen-bond donors (Lipinski definition) is 2. The molecule has 0 saturated carbocycles. The van der Waals surface area contributed by atoms with Crippen molar-refractivity contribution in [3.63, 3.8) is 0 Å². The summed E-state index contributed by atoms with van der Waals surface area (Å²) in [6.45, 7) is 5.51. The van der Waals surface area contributed by atoms with Crippen LogP contribution in [0.2, 0.25) is 0 Å². The molecule has 0 bridgehead atoms. The van der Waals surface area contributed by atoms with Crippen molar-refractivity contribution in [2.24, 2.45) is 0 Å². The zero-order valence-corrected chi connectivity index (χ0v) is 12.3. The van der Waals surface area contributed by atoms with Crippen molar-refractivity contribution in [2.75, 3.05) is 11.1 Å². The first-order valence-corrected chi connectivity index (χ1v) is 7.29. The highest BCUT2D eigenvalue weighted by molar-refractivity contribution is 8.00. The van der Waals surface area contributed by atoms with E-state index in [4.69, 9.17) is 0 Å². The molecule has 0 fully saturated rings. The summed E-state index contributed by atoms with van der Waals surface area (Å²) < 4.78 is 0. The van der Waals surface area contributed by atoms with Crippen molar-refractivity contribution in [2.45, 2.75) is 38.1 Å². The van der Waals surface area contributed by atoms with Crippen molar-refractivity contribution in [1.82, 2.24) is 5.32 Å². The molecule has 1 rings (SSSR count). The first kappa shape index (κ1) is 15.6. The lowest BCUT2D eigenvalue weighted by molar-refractivity contribution is -0.119. The zero-order valence-electron chi connectivity index (χ0n) is 11.5. The van der Waals surface area contributed by atoms with Crippen molar-refractivity contribution in [1.29, 1.82) is 0 Å². The quantitative estimate of drug-likeness (QED) is 0.788. The predicted molar refractivity (Wildman–Crippen MR) is 79.4 cm³/mol. The highest BCUT2D eigenvalue weighted by Crippen LogP contribution is 2.20. The molecule has 2 amide bonds. The van der Waals surface area contributed by atoms with E-state index in [0.717, 1.165) is 17.0 Å². The largest absolute Gasteiger partial charge is 0.353 e. The van der Waals surface area contributed by atoms with E-state index in [1.54, 1.807) is 0 Å². The van der Waals surface area contributed by atoms with Gasteiger partial charge in [-0.3, -0.25) is 9.59 Å². The number of hydrogen-bond acceptors (Lipinski definition) is 3. The molecule has 0 unspecified atom stereocenters. The van der Waals surface area contributed by atoms with Gasteiger partial charge in [0.15, 0.2) is 0 Å². The molecule has 104 valence electrons. The van der Waals surface area contributed by atoms with Gasteiger partial charge in [-0.2, -0.15) is 0 Å². The SMILES string of the molecule is CC[C@H](C)NC(=O)CSc1ccc(NC(C)=O)cc1. The summed E-state index contributed by atoms with van der Waals surface area (Å²) >= 11 is 1.48. The monoisotopic (exact) mass is 280 g/mol. The second-order valence-electron chi connectivity index (χ2n) is 4.37. The Hall–Kier alpha value is -1.49. The molecule has 0 spiro atoms. The van der Waals surface area contributed by atoms with E-state index >= 15 is 0 Å². The molecule has 0 aliphatic rings. The maximum atomic E-state index is 11.6. The van der Waals surface area contributed by atoms with E-state index in [1.807, 2.05) is 38.1 Å². The van der Waals surface area contributed by atoms with Crippen molar-refractivity contribution < 1.29 is 9.59 Å². The van der Waals surface area contributed by atoms with Gasteiger partial charge in [0, 0.05) is 23.5 Å². The van der Waals surface area contributed by atoms with Crippen LogP contribution in [-0.4, -0.2) is 23.6 Å². The van der Waals surface area contributed by atoms with E-state index < -0.39 is 0 Å². The van der Waals surface area contributed by atoms with Crippen LogP contribution >= 0.6 is 11.8 Å². The minimum absolute atomic E-state index is 0.0466. The zero-order chi connectivity index (χ0) is 14.3. The van der Waals surface area contributed by atoms with E-state index in [9.17, 15) is 9.59 Å². The molecule has 19 heavy (non-hydrogen) atoms. The lowest BCUT2D eigenvalue weighted by Gasteiger charge is -2.11. The first-order valence-electron chi connectivity index (χ1n) is 6.31.